The molecular formula is C37H52N4O7S4. The number of hydrogen-bond acceptors (Lipinski definition) is 15. The summed E-state index contributed by atoms with van der Waals surface area (Å²) in [4.78, 5) is 14.8. The van der Waals surface area contributed by atoms with Crippen LogP contribution >= 0.6 is 47.6 Å². The van der Waals surface area contributed by atoms with E-state index in [0.717, 1.165) is 87.5 Å². The summed E-state index contributed by atoms with van der Waals surface area (Å²) in [6.45, 7) is 9.25. The molecule has 0 fully saturated rings. The van der Waals surface area contributed by atoms with Crippen LogP contribution in [0.4, 0.5) is 0 Å². The lowest BCUT2D eigenvalue weighted by Crippen LogP contribution is -2.18. The lowest BCUT2D eigenvalue weighted by Gasteiger charge is -2.19. The van der Waals surface area contributed by atoms with Crippen LogP contribution in [-0.2, 0) is 31.7 Å². The molecule has 0 atom stereocenters. The van der Waals surface area contributed by atoms with Gasteiger partial charge in [0.25, 0.3) is 0 Å². The molecule has 15 heteroatoms. The molecule has 0 amide bonds. The summed E-state index contributed by atoms with van der Waals surface area (Å²) in [6.07, 6.45) is 5.23. The zero-order chi connectivity index (χ0) is 37.0. The highest BCUT2D eigenvalue weighted by atomic mass is 32.2. The molecule has 4 aromatic carbocycles. The summed E-state index contributed by atoms with van der Waals surface area (Å²) < 4.78 is 21.7. The summed E-state index contributed by atoms with van der Waals surface area (Å²) in [7, 11) is 2.10. The fourth-order valence-electron chi connectivity index (χ4n) is 4.93. The first-order chi connectivity index (χ1) is 24.7. The second-order valence-corrected chi connectivity index (χ2v) is 14.4. The second kappa shape index (κ2) is 25.5. The number of rotatable bonds is 20. The third-order valence-corrected chi connectivity index (χ3v) is 10.2. The van der Waals surface area contributed by atoms with Crippen molar-refractivity contribution in [2.24, 2.45) is 11.8 Å². The summed E-state index contributed by atoms with van der Waals surface area (Å²) in [5.74, 6) is 13.0. The van der Waals surface area contributed by atoms with Gasteiger partial charge < -0.3 is 24.8 Å². The van der Waals surface area contributed by atoms with Gasteiger partial charge in [0.15, 0.2) is 0 Å². The Morgan fingerprint density at radius 2 is 1.23 bits per heavy atom. The zero-order valence-corrected chi connectivity index (χ0v) is 33.1. The number of ether oxygens (including phenoxy) is 2. The topological polar surface area (TPSA) is 143 Å². The van der Waals surface area contributed by atoms with Crippen molar-refractivity contribution in [3.63, 3.8) is 0 Å². The molecule has 0 heterocycles. The van der Waals surface area contributed by atoms with Crippen LogP contribution in [0.3, 0.4) is 0 Å². The lowest BCUT2D eigenvalue weighted by atomic mass is 10.1. The Morgan fingerprint density at radius 1 is 0.731 bits per heavy atom. The number of thioether (sulfide) groups is 2. The van der Waals surface area contributed by atoms with Crippen LogP contribution < -0.4 is 26.6 Å². The molecule has 0 saturated heterocycles. The van der Waals surface area contributed by atoms with Crippen LogP contribution in [0.2, 0.25) is 0 Å². The fourth-order valence-corrected chi connectivity index (χ4v) is 6.96. The van der Waals surface area contributed by atoms with E-state index >= 15 is 0 Å². The maximum absolute atomic E-state index is 8.95. The molecule has 0 aromatic heterocycles. The number of aryl methyl sites for hydroxylation is 2. The number of aliphatic hydroxyl groups excluding tert-OH is 1. The molecule has 0 spiro atoms. The molecule has 0 bridgehead atoms. The van der Waals surface area contributed by atoms with Crippen molar-refractivity contribution < 1.29 is 33.2 Å². The Morgan fingerprint density at radius 3 is 1.67 bits per heavy atom. The van der Waals surface area contributed by atoms with Crippen LogP contribution in [0.15, 0.2) is 92.4 Å². The molecule has 11 nitrogen and oxygen atoms in total. The van der Waals surface area contributed by atoms with E-state index < -0.39 is 0 Å². The van der Waals surface area contributed by atoms with Crippen molar-refractivity contribution in [2.45, 2.75) is 67.3 Å². The molecule has 286 valence electrons. The van der Waals surface area contributed by atoms with Crippen molar-refractivity contribution >= 4 is 47.6 Å². The third-order valence-electron chi connectivity index (χ3n) is 7.24. The van der Waals surface area contributed by atoms with Crippen LogP contribution in [0.5, 0.6) is 23.0 Å². The predicted molar refractivity (Wildman–Crippen MR) is 216 cm³/mol. The van der Waals surface area contributed by atoms with E-state index in [0.29, 0.717) is 13.1 Å². The number of hydrogen-bond donors (Lipinski definition) is 4. The lowest BCUT2D eigenvalue weighted by molar-refractivity contribution is -0.195. The number of nitrogens with two attached hydrogens (primary N) is 2. The highest BCUT2D eigenvalue weighted by Crippen LogP contribution is 2.34. The number of aliphatic hydroxyl groups is 1. The van der Waals surface area contributed by atoms with Gasteiger partial charge in [0, 0.05) is 50.3 Å². The highest BCUT2D eigenvalue weighted by Gasteiger charge is 2.12. The molecule has 0 radical (unpaired) electrons. The van der Waals surface area contributed by atoms with Crippen LogP contribution in [-0.4, -0.2) is 49.3 Å². The highest BCUT2D eigenvalue weighted by molar-refractivity contribution is 7.99. The molecule has 4 rings (SSSR count). The Balaban J connectivity index is 0.000000354. The minimum Gasteiger partial charge on any atom is -0.457 e. The van der Waals surface area contributed by atoms with E-state index in [9.17, 15) is 0 Å². The number of nitrogens with zero attached hydrogens (tertiary/aromatic N) is 1. The van der Waals surface area contributed by atoms with Gasteiger partial charge in [0.05, 0.1) is 30.7 Å². The number of benzene rings is 4. The van der Waals surface area contributed by atoms with E-state index in [1.165, 1.54) is 20.9 Å². The molecule has 0 aliphatic heterocycles. The summed E-state index contributed by atoms with van der Waals surface area (Å²) >= 11 is 5.53. The Bertz CT molecular complexity index is 1640. The number of nitrogens with one attached hydrogen (secondary N) is 1. The van der Waals surface area contributed by atoms with Gasteiger partial charge in [-0.3, -0.25) is 0 Å². The average molecular weight is 793 g/mol. The average Bonchev–Trinajstić information content (AvgIpc) is 3.12. The van der Waals surface area contributed by atoms with Crippen LogP contribution in [0.1, 0.15) is 43.0 Å². The van der Waals surface area contributed by atoms with Gasteiger partial charge in [-0.15, -0.1) is 42.2 Å². The van der Waals surface area contributed by atoms with Crippen molar-refractivity contribution in [1.82, 2.24) is 10.2 Å². The van der Waals surface area contributed by atoms with Crippen molar-refractivity contribution in [1.29, 1.82) is 0 Å². The SMILES string of the molecule is C.CCCN(C)Cc1cc(SOON)ccc1Oc1ccc(SC)c(C)c1.CSc1ccc(Oc2ccc(SOON)cc2CNCCO)cc1C. The minimum absolute atomic E-state index is 0. The van der Waals surface area contributed by atoms with E-state index in [1.54, 1.807) is 23.5 Å². The minimum atomic E-state index is 0. The Labute approximate surface area is 326 Å². The van der Waals surface area contributed by atoms with Gasteiger partial charge in [-0.25, -0.2) is 0 Å². The van der Waals surface area contributed by atoms with Crippen LogP contribution in [0.25, 0.3) is 0 Å². The second-order valence-electron chi connectivity index (χ2n) is 11.1. The maximum atomic E-state index is 8.95. The van der Waals surface area contributed by atoms with Gasteiger partial charge in [-0.1, -0.05) is 14.4 Å². The maximum Gasteiger partial charge on any atom is 0.132 e. The summed E-state index contributed by atoms with van der Waals surface area (Å²) in [5, 5.41) is 12.1. The summed E-state index contributed by atoms with van der Waals surface area (Å²) in [6, 6.07) is 23.8. The van der Waals surface area contributed by atoms with Gasteiger partial charge in [0.1, 0.15) is 23.0 Å². The largest absolute Gasteiger partial charge is 0.457 e. The van der Waals surface area contributed by atoms with Crippen molar-refractivity contribution in [3.05, 3.63) is 95.1 Å². The molecule has 0 aliphatic carbocycles. The molecule has 6 N–H and O–H groups in total. The van der Waals surface area contributed by atoms with Crippen molar-refractivity contribution in [2.75, 3.05) is 39.3 Å². The molecule has 4 aromatic rings. The predicted octanol–water partition coefficient (Wildman–Crippen LogP) is 9.24. The molecular weight excluding hydrogens is 741 g/mol. The summed E-state index contributed by atoms with van der Waals surface area (Å²) in [5.41, 5.74) is 4.40. The third kappa shape index (κ3) is 15.5. The molecule has 52 heavy (non-hydrogen) atoms. The van der Waals surface area contributed by atoms with Gasteiger partial charge >= 0.3 is 0 Å². The smallest absolute Gasteiger partial charge is 0.132 e. The first-order valence-electron chi connectivity index (χ1n) is 16.1. The van der Waals surface area contributed by atoms with Gasteiger partial charge in [-0.05, 0) is 130 Å². The first-order valence-corrected chi connectivity index (χ1v) is 20.0. The van der Waals surface area contributed by atoms with Gasteiger partial charge in [0.2, 0.25) is 0 Å². The van der Waals surface area contributed by atoms with Crippen LogP contribution in [0, 0.1) is 13.8 Å². The standard InChI is InChI=1S/C19H26N2O3S2.C17H22N2O4S2.CH4/c1-5-10-21(3)13-15-12-17(26-24-23-20)7-8-18(15)22-16-6-9-19(25-4)14(2)11-16;1-12-9-14(3-6-17(12)24-2)21-16-5-4-15(25-23-22-18)10-13(16)11-19-7-8-20;/h6-9,11-12H,5,10,13,20H2,1-4H3;3-6,9-10,19-20H,7-8,11,18H2,1-2H3;1H4. The zero-order valence-electron chi connectivity index (χ0n) is 29.8. The quantitative estimate of drug-likeness (QED) is 0.0222. The van der Waals surface area contributed by atoms with E-state index in [4.69, 9.17) is 35.0 Å². The Kier molecular flexibility index (Phi) is 22.4. The first kappa shape index (κ1) is 45.7. The molecule has 0 aliphatic rings. The monoisotopic (exact) mass is 792 g/mol. The van der Waals surface area contributed by atoms with E-state index in [2.05, 4.69) is 78.7 Å². The van der Waals surface area contributed by atoms with Crippen molar-refractivity contribution in [3.8, 4) is 23.0 Å². The normalized spacial score (nSPS) is 10.8. The van der Waals surface area contributed by atoms with Gasteiger partial charge in [-0.2, -0.15) is 11.8 Å². The molecule has 0 saturated carbocycles. The Hall–Kier alpha value is -2.48. The molecule has 0 unspecified atom stereocenters. The fraction of sp³-hybridized carbons (Fsp3) is 0.351. The van der Waals surface area contributed by atoms with E-state index in [-0.39, 0.29) is 14.0 Å². The van der Waals surface area contributed by atoms with E-state index in [1.807, 2.05) is 54.6 Å².